The molecule has 8 heteroatoms. The summed E-state index contributed by atoms with van der Waals surface area (Å²) < 4.78 is 62.1. The van der Waals surface area contributed by atoms with Gasteiger partial charge >= 0.3 is 0 Å². The maximum atomic E-state index is 11.1. The first-order valence-electron chi connectivity index (χ1n) is 4.48. The van der Waals surface area contributed by atoms with E-state index in [9.17, 15) is 16.8 Å². The van der Waals surface area contributed by atoms with Crippen LogP contribution in [-0.4, -0.2) is 25.9 Å². The molecule has 92 valence electrons. The third-order valence-corrected chi connectivity index (χ3v) is 4.31. The molecule has 0 heterocycles. The third-order valence-electron chi connectivity index (χ3n) is 2.40. The molecule has 0 atom stereocenters. The van der Waals surface area contributed by atoms with Gasteiger partial charge in [-0.25, -0.2) is 0 Å². The second-order valence-electron chi connectivity index (χ2n) is 3.55. The molecular weight excluding hydrogens is 268 g/mol. The smallest absolute Gasteiger partial charge is 0.282 e. The number of allylic oxidation sites excluding steroid dienone is 1. The lowest BCUT2D eigenvalue weighted by molar-refractivity contribution is 0.466. The fourth-order valence-corrected chi connectivity index (χ4v) is 3.49. The fraction of sp³-hybridized carbons (Fsp3) is 0.111. The van der Waals surface area contributed by atoms with Crippen LogP contribution in [-0.2, 0) is 26.7 Å². The van der Waals surface area contributed by atoms with Crippen LogP contribution in [0.1, 0.15) is 11.1 Å². The van der Waals surface area contributed by atoms with E-state index in [0.29, 0.717) is 17.5 Å². The summed E-state index contributed by atoms with van der Waals surface area (Å²) in [5.41, 5.74) is 1.08. The predicted octanol–water partition coefficient (Wildman–Crippen LogP) is 0.749. The Balaban J connectivity index is 2.85. The zero-order valence-electron chi connectivity index (χ0n) is 8.36. The van der Waals surface area contributed by atoms with Crippen LogP contribution < -0.4 is 0 Å². The van der Waals surface area contributed by atoms with Crippen LogP contribution in [0, 0.1) is 0 Å². The molecule has 1 aliphatic carbocycles. The Labute approximate surface area is 98.1 Å². The van der Waals surface area contributed by atoms with Crippen molar-refractivity contribution in [3.05, 3.63) is 29.3 Å². The molecule has 0 saturated heterocycles. The minimum absolute atomic E-state index is 0.448. The molecule has 1 aromatic carbocycles. The lowest BCUT2D eigenvalue weighted by atomic mass is 10.1. The van der Waals surface area contributed by atoms with E-state index < -0.39 is 30.0 Å². The maximum absolute atomic E-state index is 11.1. The second-order valence-corrected chi connectivity index (χ2v) is 6.33. The first kappa shape index (κ1) is 12.2. The van der Waals surface area contributed by atoms with E-state index >= 15 is 0 Å². The SMILES string of the molecule is O=S(=O)(O)c1cc2c(cc1S(=O)(=O)O)CC=C2. The van der Waals surface area contributed by atoms with Gasteiger partial charge in [-0.05, 0) is 29.7 Å². The molecular formula is C9H8O6S2. The van der Waals surface area contributed by atoms with E-state index in [2.05, 4.69) is 0 Å². The highest BCUT2D eigenvalue weighted by Crippen LogP contribution is 2.29. The van der Waals surface area contributed by atoms with Gasteiger partial charge in [0.2, 0.25) is 0 Å². The molecule has 1 aliphatic rings. The Hall–Kier alpha value is -1.22. The Morgan fingerprint density at radius 1 is 0.941 bits per heavy atom. The Morgan fingerprint density at radius 2 is 1.47 bits per heavy atom. The molecule has 0 bridgehead atoms. The molecule has 0 amide bonds. The predicted molar refractivity (Wildman–Crippen MR) is 58.8 cm³/mol. The van der Waals surface area contributed by atoms with Crippen LogP contribution in [0.2, 0.25) is 0 Å². The van der Waals surface area contributed by atoms with Gasteiger partial charge in [-0.15, -0.1) is 0 Å². The number of hydrogen-bond acceptors (Lipinski definition) is 4. The van der Waals surface area contributed by atoms with E-state index in [1.807, 2.05) is 0 Å². The molecule has 0 saturated carbocycles. The summed E-state index contributed by atoms with van der Waals surface area (Å²) in [6.45, 7) is 0. The highest BCUT2D eigenvalue weighted by atomic mass is 32.2. The van der Waals surface area contributed by atoms with Gasteiger partial charge in [0.15, 0.2) is 0 Å². The first-order chi connectivity index (χ1) is 7.69. The average molecular weight is 276 g/mol. The molecule has 6 nitrogen and oxygen atoms in total. The zero-order chi connectivity index (χ0) is 12.8. The van der Waals surface area contributed by atoms with Crippen LogP contribution in [0.3, 0.4) is 0 Å². The largest absolute Gasteiger partial charge is 0.295 e. The topological polar surface area (TPSA) is 109 Å². The average Bonchev–Trinajstić information content (AvgIpc) is 2.59. The van der Waals surface area contributed by atoms with E-state index in [1.165, 1.54) is 0 Å². The lowest BCUT2D eigenvalue weighted by Gasteiger charge is -2.07. The molecule has 0 aromatic heterocycles. The van der Waals surface area contributed by atoms with Crippen molar-refractivity contribution in [3.63, 3.8) is 0 Å². The highest BCUT2D eigenvalue weighted by Gasteiger charge is 2.26. The Kier molecular flexibility index (Phi) is 2.62. The van der Waals surface area contributed by atoms with Crippen molar-refractivity contribution >= 4 is 26.3 Å². The third kappa shape index (κ3) is 2.25. The molecule has 0 aliphatic heterocycles. The monoisotopic (exact) mass is 276 g/mol. The summed E-state index contributed by atoms with van der Waals surface area (Å²) in [5.74, 6) is 0. The van der Waals surface area contributed by atoms with Gasteiger partial charge in [0, 0.05) is 0 Å². The van der Waals surface area contributed by atoms with Crippen molar-refractivity contribution in [3.8, 4) is 0 Å². The van der Waals surface area contributed by atoms with E-state index in [1.54, 1.807) is 12.2 Å². The van der Waals surface area contributed by atoms with E-state index in [-0.39, 0.29) is 0 Å². The molecule has 0 radical (unpaired) electrons. The first-order valence-corrected chi connectivity index (χ1v) is 7.36. The molecule has 17 heavy (non-hydrogen) atoms. The van der Waals surface area contributed by atoms with Crippen molar-refractivity contribution in [2.45, 2.75) is 16.2 Å². The number of rotatable bonds is 2. The number of hydrogen-bond donors (Lipinski definition) is 2. The quantitative estimate of drug-likeness (QED) is 0.771. The van der Waals surface area contributed by atoms with Gasteiger partial charge < -0.3 is 0 Å². The second kappa shape index (κ2) is 3.64. The minimum atomic E-state index is -4.71. The van der Waals surface area contributed by atoms with Crippen LogP contribution >= 0.6 is 0 Å². The number of fused-ring (bicyclic) bond motifs is 1. The van der Waals surface area contributed by atoms with E-state index in [0.717, 1.165) is 12.1 Å². The van der Waals surface area contributed by atoms with Crippen molar-refractivity contribution in [1.29, 1.82) is 0 Å². The molecule has 1 aromatic rings. The lowest BCUT2D eigenvalue weighted by Crippen LogP contribution is -2.09. The number of benzene rings is 1. The molecule has 0 fully saturated rings. The van der Waals surface area contributed by atoms with Crippen LogP contribution in [0.25, 0.3) is 6.08 Å². The summed E-state index contributed by atoms with van der Waals surface area (Å²) in [6, 6.07) is 2.07. The van der Waals surface area contributed by atoms with Crippen molar-refractivity contribution in [1.82, 2.24) is 0 Å². The van der Waals surface area contributed by atoms with Crippen molar-refractivity contribution < 1.29 is 25.9 Å². The Morgan fingerprint density at radius 3 is 2.00 bits per heavy atom. The summed E-state index contributed by atoms with van der Waals surface area (Å²) in [4.78, 5) is -1.62. The van der Waals surface area contributed by atoms with Gasteiger partial charge in [-0.3, -0.25) is 9.11 Å². The Bertz CT molecular complexity index is 712. The molecule has 2 rings (SSSR count). The molecule has 0 spiro atoms. The van der Waals surface area contributed by atoms with Gasteiger partial charge in [-0.2, -0.15) is 16.8 Å². The normalized spacial score (nSPS) is 14.9. The fourth-order valence-electron chi connectivity index (χ4n) is 1.67. The van der Waals surface area contributed by atoms with E-state index in [4.69, 9.17) is 9.11 Å². The molecule has 2 N–H and O–H groups in total. The van der Waals surface area contributed by atoms with Gasteiger partial charge in [-0.1, -0.05) is 12.2 Å². The summed E-state index contributed by atoms with van der Waals surface area (Å²) >= 11 is 0. The molecule has 0 unspecified atom stereocenters. The van der Waals surface area contributed by atoms with Crippen LogP contribution in [0.15, 0.2) is 28.0 Å². The summed E-state index contributed by atoms with van der Waals surface area (Å²) in [5, 5.41) is 0. The van der Waals surface area contributed by atoms with Crippen LogP contribution in [0.5, 0.6) is 0 Å². The standard InChI is InChI=1S/C9H8O6S2/c10-16(11,12)8-4-6-2-1-3-7(6)5-9(8)17(13,14)15/h1-2,4-5H,3H2,(H,10,11,12)(H,13,14,15). The maximum Gasteiger partial charge on any atom is 0.295 e. The zero-order valence-corrected chi connectivity index (χ0v) is 9.99. The summed E-state index contributed by atoms with van der Waals surface area (Å²) in [6.07, 6.45) is 3.77. The van der Waals surface area contributed by atoms with Crippen molar-refractivity contribution in [2.75, 3.05) is 0 Å². The van der Waals surface area contributed by atoms with Gasteiger partial charge in [0.25, 0.3) is 20.2 Å². The minimum Gasteiger partial charge on any atom is -0.282 e. The summed E-state index contributed by atoms with van der Waals surface area (Å²) in [7, 11) is -9.42. The highest BCUT2D eigenvalue weighted by molar-refractivity contribution is 7.89. The van der Waals surface area contributed by atoms with Crippen LogP contribution in [0.4, 0.5) is 0 Å². The van der Waals surface area contributed by atoms with Gasteiger partial charge in [0.1, 0.15) is 9.79 Å². The van der Waals surface area contributed by atoms with Gasteiger partial charge in [0.05, 0.1) is 0 Å². The van der Waals surface area contributed by atoms with Crippen molar-refractivity contribution in [2.24, 2.45) is 0 Å².